The fourth-order valence-corrected chi connectivity index (χ4v) is 3.28. The molecule has 7 heteroatoms. The van der Waals surface area contributed by atoms with E-state index in [1.807, 2.05) is 30.3 Å². The summed E-state index contributed by atoms with van der Waals surface area (Å²) < 4.78 is 0. The summed E-state index contributed by atoms with van der Waals surface area (Å²) >= 11 is 0. The number of hydrogen-bond donors (Lipinski definition) is 3. The fraction of sp³-hybridized carbons (Fsp3) is 0.222. The number of anilines is 1. The third kappa shape index (κ3) is 2.63. The Kier molecular flexibility index (Phi) is 3.68. The highest BCUT2D eigenvalue weighted by molar-refractivity contribution is 6.05. The zero-order valence-electron chi connectivity index (χ0n) is 13.5. The first kappa shape index (κ1) is 15.3. The molecule has 2 aromatic heterocycles. The van der Waals surface area contributed by atoms with Crippen molar-refractivity contribution < 1.29 is 9.59 Å². The number of pyridine rings is 1. The Morgan fingerprint density at radius 2 is 2.04 bits per heavy atom. The van der Waals surface area contributed by atoms with Crippen LogP contribution in [0.15, 0.2) is 48.8 Å². The monoisotopic (exact) mass is 335 g/mol. The minimum Gasteiger partial charge on any atom is -0.355 e. The maximum Gasteiger partial charge on any atom is 0.236 e. The van der Waals surface area contributed by atoms with Gasteiger partial charge in [0.05, 0.1) is 17.3 Å². The van der Waals surface area contributed by atoms with Gasteiger partial charge in [-0.2, -0.15) is 5.10 Å². The van der Waals surface area contributed by atoms with E-state index in [9.17, 15) is 9.59 Å². The second-order valence-electron chi connectivity index (χ2n) is 6.17. The zero-order valence-corrected chi connectivity index (χ0v) is 13.5. The van der Waals surface area contributed by atoms with Crippen LogP contribution >= 0.6 is 0 Å². The number of nitrogens with zero attached hydrogens (tertiary/aromatic N) is 2. The number of rotatable bonds is 3. The quantitative estimate of drug-likeness (QED) is 0.679. The van der Waals surface area contributed by atoms with Gasteiger partial charge in [-0.25, -0.2) is 0 Å². The number of carbonyl (C=O) groups is 2. The van der Waals surface area contributed by atoms with Crippen LogP contribution in [0.5, 0.6) is 0 Å². The van der Waals surface area contributed by atoms with Crippen molar-refractivity contribution in [2.75, 3.05) is 11.9 Å². The van der Waals surface area contributed by atoms with Gasteiger partial charge in [0.1, 0.15) is 11.0 Å². The molecule has 3 N–H and O–H groups in total. The van der Waals surface area contributed by atoms with E-state index >= 15 is 0 Å². The van der Waals surface area contributed by atoms with Crippen LogP contribution in [0.25, 0.3) is 11.0 Å². The van der Waals surface area contributed by atoms with Crippen LogP contribution in [0, 0.1) is 0 Å². The van der Waals surface area contributed by atoms with Gasteiger partial charge in [-0.15, -0.1) is 0 Å². The molecule has 2 amide bonds. The van der Waals surface area contributed by atoms with E-state index in [2.05, 4.69) is 25.8 Å². The smallest absolute Gasteiger partial charge is 0.236 e. The van der Waals surface area contributed by atoms with E-state index in [1.165, 1.54) is 0 Å². The number of amides is 2. The number of piperidine rings is 1. The van der Waals surface area contributed by atoms with E-state index in [1.54, 1.807) is 18.5 Å². The van der Waals surface area contributed by atoms with Gasteiger partial charge in [-0.3, -0.25) is 19.7 Å². The van der Waals surface area contributed by atoms with Crippen LogP contribution in [0.2, 0.25) is 0 Å². The van der Waals surface area contributed by atoms with Gasteiger partial charge in [0.2, 0.25) is 11.8 Å². The molecule has 0 spiro atoms. The summed E-state index contributed by atoms with van der Waals surface area (Å²) in [5, 5.41) is 12.7. The number of benzene rings is 1. The molecule has 3 aromatic rings. The molecular formula is C18H17N5O2. The molecule has 0 aliphatic carbocycles. The molecule has 7 nitrogen and oxygen atoms in total. The molecule has 0 bridgehead atoms. The van der Waals surface area contributed by atoms with Crippen molar-refractivity contribution >= 4 is 28.5 Å². The van der Waals surface area contributed by atoms with Crippen LogP contribution in [0.1, 0.15) is 18.4 Å². The van der Waals surface area contributed by atoms with Crippen LogP contribution in [-0.2, 0) is 15.0 Å². The molecule has 4 rings (SSSR count). The van der Waals surface area contributed by atoms with E-state index in [4.69, 9.17) is 0 Å². The molecule has 1 aliphatic heterocycles. The van der Waals surface area contributed by atoms with Gasteiger partial charge < -0.3 is 10.6 Å². The topological polar surface area (TPSA) is 99.8 Å². The van der Waals surface area contributed by atoms with Gasteiger partial charge in [0.25, 0.3) is 0 Å². The van der Waals surface area contributed by atoms with E-state index in [0.717, 1.165) is 5.56 Å². The Hall–Kier alpha value is -3.22. The lowest BCUT2D eigenvalue weighted by Crippen LogP contribution is -2.53. The molecule has 1 saturated heterocycles. The highest BCUT2D eigenvalue weighted by atomic mass is 16.2. The first-order valence-corrected chi connectivity index (χ1v) is 8.11. The van der Waals surface area contributed by atoms with Gasteiger partial charge in [-0.1, -0.05) is 30.3 Å². The third-order valence-electron chi connectivity index (χ3n) is 4.72. The normalized spacial score (nSPS) is 20.2. The van der Waals surface area contributed by atoms with Crippen LogP contribution in [-0.4, -0.2) is 33.5 Å². The summed E-state index contributed by atoms with van der Waals surface area (Å²) in [4.78, 5) is 29.1. The minimum absolute atomic E-state index is 0.0285. The molecule has 25 heavy (non-hydrogen) atoms. The Morgan fingerprint density at radius 1 is 1.20 bits per heavy atom. The average Bonchev–Trinajstić information content (AvgIpc) is 3.13. The summed E-state index contributed by atoms with van der Waals surface area (Å²) in [6.45, 7) is 0.277. The number of H-pyrrole nitrogens is 1. The minimum atomic E-state index is -0.801. The standard InChI is InChI=1S/C18H17N5O2/c24-15-6-8-18(11-20-15,12-4-2-1-3-5-12)17(25)22-13-7-9-19-14-10-21-23-16(13)14/h1-5,7,9-10H,6,8,11H2,(H,20,24)(H,21,23)(H,19,22,25). The molecule has 1 aromatic carbocycles. The van der Waals surface area contributed by atoms with E-state index < -0.39 is 5.41 Å². The van der Waals surface area contributed by atoms with Gasteiger partial charge in [0.15, 0.2) is 0 Å². The molecule has 1 unspecified atom stereocenters. The van der Waals surface area contributed by atoms with Crippen molar-refractivity contribution in [1.82, 2.24) is 20.5 Å². The van der Waals surface area contributed by atoms with Crippen molar-refractivity contribution in [3.8, 4) is 0 Å². The van der Waals surface area contributed by atoms with Gasteiger partial charge >= 0.3 is 0 Å². The molecule has 126 valence electrons. The lowest BCUT2D eigenvalue weighted by Gasteiger charge is -2.36. The predicted octanol–water partition coefficient (Wildman–Crippen LogP) is 1.74. The second-order valence-corrected chi connectivity index (χ2v) is 6.17. The van der Waals surface area contributed by atoms with Crippen LogP contribution in [0.4, 0.5) is 5.69 Å². The third-order valence-corrected chi connectivity index (χ3v) is 4.72. The van der Waals surface area contributed by atoms with Crippen molar-refractivity contribution in [3.63, 3.8) is 0 Å². The first-order valence-electron chi connectivity index (χ1n) is 8.11. The molecular weight excluding hydrogens is 318 g/mol. The van der Waals surface area contributed by atoms with Crippen molar-refractivity contribution in [2.45, 2.75) is 18.3 Å². The maximum absolute atomic E-state index is 13.2. The predicted molar refractivity (Wildman–Crippen MR) is 92.9 cm³/mol. The van der Waals surface area contributed by atoms with Crippen LogP contribution < -0.4 is 10.6 Å². The van der Waals surface area contributed by atoms with Crippen molar-refractivity contribution in [1.29, 1.82) is 0 Å². The van der Waals surface area contributed by atoms with Crippen molar-refractivity contribution in [3.05, 3.63) is 54.4 Å². The molecule has 0 saturated carbocycles. The van der Waals surface area contributed by atoms with Gasteiger partial charge in [0, 0.05) is 19.2 Å². The summed E-state index contributed by atoms with van der Waals surface area (Å²) in [5.74, 6) is -0.181. The molecule has 1 fully saturated rings. The molecule has 1 aliphatic rings. The number of carbonyl (C=O) groups excluding carboxylic acids is 2. The summed E-state index contributed by atoms with van der Waals surface area (Å²) in [6, 6.07) is 11.3. The number of aromatic nitrogens is 3. The number of hydrogen-bond acceptors (Lipinski definition) is 4. The highest BCUT2D eigenvalue weighted by Crippen LogP contribution is 2.33. The van der Waals surface area contributed by atoms with Crippen LogP contribution in [0.3, 0.4) is 0 Å². The van der Waals surface area contributed by atoms with Crippen molar-refractivity contribution in [2.24, 2.45) is 0 Å². The number of nitrogens with one attached hydrogen (secondary N) is 3. The Labute approximate surface area is 143 Å². The highest BCUT2D eigenvalue weighted by Gasteiger charge is 2.43. The Bertz CT molecular complexity index is 925. The van der Waals surface area contributed by atoms with E-state index in [-0.39, 0.29) is 18.4 Å². The second kappa shape index (κ2) is 6.01. The first-order chi connectivity index (χ1) is 12.2. The lowest BCUT2D eigenvalue weighted by atomic mass is 9.73. The molecule has 1 atom stereocenters. The number of aromatic amines is 1. The summed E-state index contributed by atoms with van der Waals surface area (Å²) in [6.07, 6.45) is 4.02. The Balaban J connectivity index is 1.71. The molecule has 3 heterocycles. The lowest BCUT2D eigenvalue weighted by molar-refractivity contribution is -0.127. The Morgan fingerprint density at radius 3 is 2.80 bits per heavy atom. The SMILES string of the molecule is O=C1CCC(C(=O)Nc2ccnc3cn[nH]c23)(c2ccccc2)CN1. The maximum atomic E-state index is 13.2. The fourth-order valence-electron chi connectivity index (χ4n) is 3.28. The molecule has 0 radical (unpaired) electrons. The van der Waals surface area contributed by atoms with Gasteiger partial charge in [-0.05, 0) is 18.1 Å². The van der Waals surface area contributed by atoms with E-state index in [0.29, 0.717) is 29.6 Å². The average molecular weight is 335 g/mol. The number of fused-ring (bicyclic) bond motifs is 1. The summed E-state index contributed by atoms with van der Waals surface area (Å²) in [7, 11) is 0. The summed E-state index contributed by atoms with van der Waals surface area (Å²) in [5.41, 5.74) is 2.08. The largest absolute Gasteiger partial charge is 0.355 e. The zero-order chi connectivity index (χ0) is 17.3.